The summed E-state index contributed by atoms with van der Waals surface area (Å²) in [6.07, 6.45) is 6.56. The van der Waals surface area contributed by atoms with Crippen molar-refractivity contribution in [2.45, 2.75) is 46.0 Å². The summed E-state index contributed by atoms with van der Waals surface area (Å²) in [5.41, 5.74) is 0.685. The maximum absolute atomic E-state index is 12.4. The Balaban J connectivity index is 2.17. The third-order valence-electron chi connectivity index (χ3n) is 4.04. The summed E-state index contributed by atoms with van der Waals surface area (Å²) in [5.74, 6) is -1.10. The SMILES string of the molecule is Cc1[nH]cc(NC(=O)C2(C)CCCCC2)c1C(=O)O. The Bertz CT molecular complexity index is 499. The zero-order chi connectivity index (χ0) is 14.0. The highest BCUT2D eigenvalue weighted by molar-refractivity contribution is 6.03. The van der Waals surface area contributed by atoms with E-state index in [9.17, 15) is 9.59 Å². The average molecular weight is 264 g/mol. The molecule has 1 aromatic rings. The molecule has 0 bridgehead atoms. The van der Waals surface area contributed by atoms with Gasteiger partial charge in [0.25, 0.3) is 0 Å². The van der Waals surface area contributed by atoms with Gasteiger partial charge in [-0.1, -0.05) is 26.2 Å². The van der Waals surface area contributed by atoms with Crippen molar-refractivity contribution < 1.29 is 14.7 Å². The van der Waals surface area contributed by atoms with Gasteiger partial charge in [-0.15, -0.1) is 0 Å². The second-order valence-electron chi connectivity index (χ2n) is 5.58. The normalized spacial score (nSPS) is 18.0. The molecular formula is C14H20N2O3. The first-order chi connectivity index (χ1) is 8.94. The van der Waals surface area contributed by atoms with Crippen LogP contribution in [0.2, 0.25) is 0 Å². The number of carboxylic acids is 1. The lowest BCUT2D eigenvalue weighted by Gasteiger charge is -2.31. The van der Waals surface area contributed by atoms with Crippen molar-refractivity contribution in [3.8, 4) is 0 Å². The van der Waals surface area contributed by atoms with E-state index in [0.29, 0.717) is 11.4 Å². The van der Waals surface area contributed by atoms with Gasteiger partial charge < -0.3 is 15.4 Å². The Morgan fingerprint density at radius 3 is 2.53 bits per heavy atom. The van der Waals surface area contributed by atoms with Gasteiger partial charge in [0, 0.05) is 17.3 Å². The van der Waals surface area contributed by atoms with E-state index in [1.807, 2.05) is 6.92 Å². The number of hydrogen-bond donors (Lipinski definition) is 3. The van der Waals surface area contributed by atoms with Crippen LogP contribution >= 0.6 is 0 Å². The smallest absolute Gasteiger partial charge is 0.339 e. The maximum Gasteiger partial charge on any atom is 0.339 e. The van der Waals surface area contributed by atoms with E-state index in [1.165, 1.54) is 6.42 Å². The van der Waals surface area contributed by atoms with Gasteiger partial charge in [0.05, 0.1) is 5.69 Å². The van der Waals surface area contributed by atoms with Crippen LogP contribution in [-0.2, 0) is 4.79 Å². The molecule has 1 saturated carbocycles. The molecule has 5 heteroatoms. The number of aromatic amines is 1. The van der Waals surface area contributed by atoms with E-state index in [1.54, 1.807) is 13.1 Å². The van der Waals surface area contributed by atoms with Crippen LogP contribution in [-0.4, -0.2) is 22.0 Å². The zero-order valence-electron chi connectivity index (χ0n) is 11.4. The highest BCUT2D eigenvalue weighted by Crippen LogP contribution is 2.37. The van der Waals surface area contributed by atoms with Gasteiger partial charge >= 0.3 is 5.97 Å². The summed E-state index contributed by atoms with van der Waals surface area (Å²) in [6.45, 7) is 3.64. The molecule has 0 saturated heterocycles. The second-order valence-corrected chi connectivity index (χ2v) is 5.58. The lowest BCUT2D eigenvalue weighted by atomic mass is 9.75. The van der Waals surface area contributed by atoms with Gasteiger partial charge in [-0.2, -0.15) is 0 Å². The van der Waals surface area contributed by atoms with Crippen molar-refractivity contribution in [1.82, 2.24) is 4.98 Å². The molecule has 19 heavy (non-hydrogen) atoms. The molecule has 2 rings (SSSR count). The molecular weight excluding hydrogens is 244 g/mol. The summed E-state index contributed by atoms with van der Waals surface area (Å²) < 4.78 is 0. The minimum atomic E-state index is -1.03. The van der Waals surface area contributed by atoms with Gasteiger partial charge in [0.15, 0.2) is 0 Å². The van der Waals surface area contributed by atoms with Crippen molar-refractivity contribution in [2.24, 2.45) is 5.41 Å². The first kappa shape index (κ1) is 13.6. The van der Waals surface area contributed by atoms with Crippen molar-refractivity contribution in [2.75, 3.05) is 5.32 Å². The first-order valence-electron chi connectivity index (χ1n) is 6.67. The lowest BCUT2D eigenvalue weighted by molar-refractivity contribution is -0.126. The number of hydrogen-bond acceptors (Lipinski definition) is 2. The number of carbonyl (C=O) groups excluding carboxylic acids is 1. The van der Waals surface area contributed by atoms with E-state index in [-0.39, 0.29) is 16.9 Å². The van der Waals surface area contributed by atoms with Crippen molar-refractivity contribution in [3.63, 3.8) is 0 Å². The average Bonchev–Trinajstić information content (AvgIpc) is 2.71. The predicted molar refractivity (Wildman–Crippen MR) is 72.3 cm³/mol. The number of carboxylic acid groups (broad SMARTS) is 1. The third kappa shape index (κ3) is 2.64. The van der Waals surface area contributed by atoms with Crippen LogP contribution in [0.3, 0.4) is 0 Å². The fourth-order valence-corrected chi connectivity index (χ4v) is 2.73. The standard InChI is InChI=1S/C14H20N2O3/c1-9-11(12(17)18)10(8-15-9)16-13(19)14(2)6-4-3-5-7-14/h8,15H,3-7H2,1-2H3,(H,16,19)(H,17,18). The van der Waals surface area contributed by atoms with E-state index >= 15 is 0 Å². The summed E-state index contributed by atoms with van der Waals surface area (Å²) in [4.78, 5) is 26.4. The monoisotopic (exact) mass is 264 g/mol. The molecule has 1 fully saturated rings. The van der Waals surface area contributed by atoms with Crippen LogP contribution < -0.4 is 5.32 Å². The Hall–Kier alpha value is -1.78. The van der Waals surface area contributed by atoms with Crippen molar-refractivity contribution in [3.05, 3.63) is 17.5 Å². The minimum Gasteiger partial charge on any atom is -0.478 e. The Labute approximate surface area is 112 Å². The Kier molecular flexibility index (Phi) is 3.64. The Morgan fingerprint density at radius 1 is 1.32 bits per heavy atom. The molecule has 0 atom stereocenters. The molecule has 3 N–H and O–H groups in total. The molecule has 1 amide bonds. The van der Waals surface area contributed by atoms with Gasteiger partial charge in [-0.05, 0) is 19.8 Å². The summed E-state index contributed by atoms with van der Waals surface area (Å²) in [7, 11) is 0. The number of rotatable bonds is 3. The number of aromatic nitrogens is 1. The summed E-state index contributed by atoms with van der Waals surface area (Å²) in [6, 6.07) is 0. The van der Waals surface area contributed by atoms with E-state index in [0.717, 1.165) is 25.7 Å². The molecule has 0 aliphatic heterocycles. The van der Waals surface area contributed by atoms with Gasteiger partial charge in [0.1, 0.15) is 5.56 Å². The summed E-state index contributed by atoms with van der Waals surface area (Å²) >= 11 is 0. The maximum atomic E-state index is 12.4. The van der Waals surface area contributed by atoms with Crippen molar-refractivity contribution >= 4 is 17.6 Å². The molecule has 1 aliphatic rings. The predicted octanol–water partition coefficient (Wildman–Crippen LogP) is 2.93. The van der Waals surface area contributed by atoms with E-state index in [2.05, 4.69) is 10.3 Å². The fourth-order valence-electron chi connectivity index (χ4n) is 2.73. The summed E-state index contributed by atoms with van der Waals surface area (Å²) in [5, 5.41) is 11.9. The fraction of sp³-hybridized carbons (Fsp3) is 0.571. The molecule has 0 spiro atoms. The minimum absolute atomic E-state index is 0.0753. The van der Waals surface area contributed by atoms with Crippen LogP contribution in [0.4, 0.5) is 5.69 Å². The first-order valence-corrected chi connectivity index (χ1v) is 6.67. The molecule has 0 unspecified atom stereocenters. The molecule has 1 heterocycles. The molecule has 1 aromatic heterocycles. The number of anilines is 1. The molecule has 104 valence electrons. The van der Waals surface area contributed by atoms with E-state index in [4.69, 9.17) is 5.11 Å². The number of carbonyl (C=O) groups is 2. The van der Waals surface area contributed by atoms with Crippen LogP contribution in [0, 0.1) is 12.3 Å². The van der Waals surface area contributed by atoms with Crippen LogP contribution in [0.1, 0.15) is 55.1 Å². The van der Waals surface area contributed by atoms with Gasteiger partial charge in [-0.3, -0.25) is 4.79 Å². The number of aromatic carboxylic acids is 1. The number of aryl methyl sites for hydroxylation is 1. The molecule has 0 radical (unpaired) electrons. The highest BCUT2D eigenvalue weighted by atomic mass is 16.4. The lowest BCUT2D eigenvalue weighted by Crippen LogP contribution is -2.35. The largest absolute Gasteiger partial charge is 0.478 e. The molecule has 1 aliphatic carbocycles. The zero-order valence-corrected chi connectivity index (χ0v) is 11.4. The molecule has 0 aromatic carbocycles. The van der Waals surface area contributed by atoms with Crippen LogP contribution in [0.25, 0.3) is 0 Å². The Morgan fingerprint density at radius 2 is 1.95 bits per heavy atom. The number of amides is 1. The van der Waals surface area contributed by atoms with Crippen molar-refractivity contribution in [1.29, 1.82) is 0 Å². The highest BCUT2D eigenvalue weighted by Gasteiger charge is 2.35. The van der Waals surface area contributed by atoms with Gasteiger partial charge in [-0.25, -0.2) is 4.79 Å². The molecule has 5 nitrogen and oxygen atoms in total. The second kappa shape index (κ2) is 5.07. The third-order valence-corrected chi connectivity index (χ3v) is 4.04. The van der Waals surface area contributed by atoms with Crippen LogP contribution in [0.15, 0.2) is 6.20 Å². The van der Waals surface area contributed by atoms with Gasteiger partial charge in [0.2, 0.25) is 5.91 Å². The number of nitrogens with one attached hydrogen (secondary N) is 2. The quantitative estimate of drug-likeness (QED) is 0.785. The van der Waals surface area contributed by atoms with E-state index < -0.39 is 5.97 Å². The topological polar surface area (TPSA) is 82.2 Å². The van der Waals surface area contributed by atoms with Crippen LogP contribution in [0.5, 0.6) is 0 Å². The number of H-pyrrole nitrogens is 1.